The van der Waals surface area contributed by atoms with Gasteiger partial charge >= 0.3 is 11.9 Å². The Balaban J connectivity index is 1.16. The van der Waals surface area contributed by atoms with Crippen LogP contribution in [0.15, 0.2) is 188 Å². The van der Waals surface area contributed by atoms with Gasteiger partial charge in [-0.25, -0.2) is 19.6 Å². The first kappa shape index (κ1) is 49.9. The van der Waals surface area contributed by atoms with Crippen LogP contribution in [0.2, 0.25) is 0 Å². The molecular weight excluding hydrogens is 927 g/mol. The topological polar surface area (TPSA) is 119 Å². The molecule has 0 N–H and O–H groups in total. The number of methoxy groups -OCH3 is 4. The molecule has 2 heterocycles. The van der Waals surface area contributed by atoms with Crippen LogP contribution in [0.5, 0.6) is 17.2 Å². The molecule has 0 unspecified atom stereocenters. The highest BCUT2D eigenvalue weighted by molar-refractivity contribution is 6.05. The molecule has 11 heteroatoms. The van der Waals surface area contributed by atoms with E-state index in [0.29, 0.717) is 68.9 Å². The van der Waals surface area contributed by atoms with Gasteiger partial charge in [0.25, 0.3) is 0 Å². The second kappa shape index (κ2) is 23.0. The van der Waals surface area contributed by atoms with E-state index in [1.807, 2.05) is 176 Å². The summed E-state index contributed by atoms with van der Waals surface area (Å²) < 4.78 is 33.3. The zero-order valence-electron chi connectivity index (χ0n) is 42.1. The van der Waals surface area contributed by atoms with Crippen molar-refractivity contribution < 1.29 is 38.0 Å². The lowest BCUT2D eigenvalue weighted by Gasteiger charge is -2.26. The van der Waals surface area contributed by atoms with E-state index in [-0.39, 0.29) is 13.2 Å². The Bertz CT molecular complexity index is 3360. The van der Waals surface area contributed by atoms with Crippen molar-refractivity contribution in [1.29, 1.82) is 0 Å². The number of esters is 2. The Morgan fingerprint density at radius 2 is 0.770 bits per heavy atom. The van der Waals surface area contributed by atoms with Crippen molar-refractivity contribution in [2.45, 2.75) is 20.5 Å². The number of ether oxygens (including phenoxy) is 6. The number of carbonyl (C=O) groups is 2. The lowest BCUT2D eigenvalue weighted by atomic mass is 9.93. The minimum atomic E-state index is -0.485. The van der Waals surface area contributed by atoms with Crippen LogP contribution in [0, 0.1) is 0 Å². The van der Waals surface area contributed by atoms with Crippen LogP contribution in [-0.4, -0.2) is 63.6 Å². The number of aromatic nitrogens is 2. The SMILES string of the molecule is CCOC(=O)c1c(-c2ccc(N(c3ccccc3)c3ccc(-c4cc(-c5ccc(OC)cc5)nc(-c5ccc(OC)cc5)c4C(=O)OCC)cc3)cc2)cc(-c2ccc(COC)cc2)nc1-c1ccc(OC)cc1. The third-order valence-electron chi connectivity index (χ3n) is 12.6. The summed E-state index contributed by atoms with van der Waals surface area (Å²) in [6, 6.07) is 61.0. The minimum Gasteiger partial charge on any atom is -0.497 e. The maximum Gasteiger partial charge on any atom is 0.340 e. The first-order chi connectivity index (χ1) is 36.2. The average Bonchev–Trinajstić information content (AvgIpc) is 3.46. The highest BCUT2D eigenvalue weighted by Gasteiger charge is 2.26. The second-order valence-electron chi connectivity index (χ2n) is 17.1. The number of carbonyl (C=O) groups excluding carboxylic acids is 2. The second-order valence-corrected chi connectivity index (χ2v) is 17.1. The first-order valence-corrected chi connectivity index (χ1v) is 24.3. The molecule has 0 atom stereocenters. The summed E-state index contributed by atoms with van der Waals surface area (Å²) in [4.78, 5) is 40.7. The number of benzene rings is 7. The first-order valence-electron chi connectivity index (χ1n) is 24.3. The van der Waals surface area contributed by atoms with Crippen molar-refractivity contribution in [2.75, 3.05) is 46.6 Å². The molecule has 9 rings (SSSR count). The fourth-order valence-electron chi connectivity index (χ4n) is 8.88. The standard InChI is InChI=1S/C63H55N3O8/c1-7-73-62(67)58-54(38-56(44-16-14-41(15-17-44)40-69-3)64-60(58)46-24-34-52(71-5)35-25-46)42-18-28-49(29-19-42)66(48-12-10-9-11-13-48)50-30-20-43(21-31-50)55-39-57(45-22-32-51(70-4)33-23-45)65-61(59(55)63(68)74-8-2)47-26-36-53(72-6)37-27-47/h9-39H,7-8,40H2,1-6H3. The highest BCUT2D eigenvalue weighted by Crippen LogP contribution is 2.42. The molecule has 74 heavy (non-hydrogen) atoms. The maximum atomic E-state index is 14.2. The van der Waals surface area contributed by atoms with E-state index in [1.54, 1.807) is 42.3 Å². The van der Waals surface area contributed by atoms with Crippen molar-refractivity contribution >= 4 is 29.0 Å². The van der Waals surface area contributed by atoms with Gasteiger partial charge in [0, 0.05) is 57.6 Å². The van der Waals surface area contributed by atoms with Gasteiger partial charge in [-0.05, 0) is 152 Å². The number of anilines is 3. The molecule has 0 fully saturated rings. The van der Waals surface area contributed by atoms with Crippen molar-refractivity contribution in [1.82, 2.24) is 9.97 Å². The normalized spacial score (nSPS) is 10.9. The van der Waals surface area contributed by atoms with Gasteiger partial charge in [-0.2, -0.15) is 0 Å². The smallest absolute Gasteiger partial charge is 0.340 e. The van der Waals surface area contributed by atoms with Gasteiger partial charge in [-0.3, -0.25) is 0 Å². The van der Waals surface area contributed by atoms with Gasteiger partial charge in [0.05, 0.1) is 75.1 Å². The number of hydrogen-bond donors (Lipinski definition) is 0. The van der Waals surface area contributed by atoms with Crippen LogP contribution < -0.4 is 19.1 Å². The fourth-order valence-corrected chi connectivity index (χ4v) is 8.88. The number of rotatable bonds is 18. The summed E-state index contributed by atoms with van der Waals surface area (Å²) in [6.07, 6.45) is 0. The Labute approximate surface area is 431 Å². The molecule has 0 aliphatic heterocycles. The van der Waals surface area contributed by atoms with Crippen LogP contribution in [0.4, 0.5) is 17.1 Å². The van der Waals surface area contributed by atoms with E-state index in [0.717, 1.165) is 56.0 Å². The van der Waals surface area contributed by atoms with Crippen LogP contribution in [-0.2, 0) is 20.8 Å². The third kappa shape index (κ3) is 10.7. The van der Waals surface area contributed by atoms with Crippen LogP contribution in [0.3, 0.4) is 0 Å². The van der Waals surface area contributed by atoms with Gasteiger partial charge in [-0.1, -0.05) is 66.7 Å². The number of para-hydroxylation sites is 1. The molecule has 0 amide bonds. The van der Waals surface area contributed by atoms with Gasteiger partial charge in [0.1, 0.15) is 17.2 Å². The summed E-state index contributed by atoms with van der Waals surface area (Å²) in [5, 5.41) is 0. The maximum absolute atomic E-state index is 14.2. The van der Waals surface area contributed by atoms with E-state index in [1.165, 1.54) is 0 Å². The predicted molar refractivity (Wildman–Crippen MR) is 292 cm³/mol. The van der Waals surface area contributed by atoms with E-state index >= 15 is 0 Å². The van der Waals surface area contributed by atoms with Crippen LogP contribution in [0.1, 0.15) is 40.1 Å². The summed E-state index contributed by atoms with van der Waals surface area (Å²) in [5.74, 6) is 1.11. The molecule has 0 radical (unpaired) electrons. The molecule has 0 saturated carbocycles. The Kier molecular flexibility index (Phi) is 15.5. The molecule has 0 saturated heterocycles. The molecular formula is C63H55N3O8. The molecule has 0 bridgehead atoms. The molecule has 2 aromatic heterocycles. The lowest BCUT2D eigenvalue weighted by molar-refractivity contribution is 0.0518. The van der Waals surface area contributed by atoms with E-state index < -0.39 is 11.9 Å². The highest BCUT2D eigenvalue weighted by atomic mass is 16.5. The predicted octanol–water partition coefficient (Wildman–Crippen LogP) is 14.5. The third-order valence-corrected chi connectivity index (χ3v) is 12.6. The zero-order valence-corrected chi connectivity index (χ0v) is 42.1. The quantitative estimate of drug-likeness (QED) is 0.0765. The van der Waals surface area contributed by atoms with Crippen LogP contribution in [0.25, 0.3) is 67.3 Å². The monoisotopic (exact) mass is 981 g/mol. The van der Waals surface area contributed by atoms with Crippen LogP contribution >= 0.6 is 0 Å². The molecule has 0 spiro atoms. The number of pyridine rings is 2. The van der Waals surface area contributed by atoms with Gasteiger partial charge < -0.3 is 33.3 Å². The molecule has 9 aromatic rings. The Morgan fingerprint density at radius 1 is 0.419 bits per heavy atom. The van der Waals surface area contributed by atoms with Crippen molar-refractivity contribution in [3.05, 3.63) is 205 Å². The molecule has 0 aliphatic rings. The van der Waals surface area contributed by atoms with E-state index in [9.17, 15) is 9.59 Å². The lowest BCUT2D eigenvalue weighted by Crippen LogP contribution is -2.12. The molecule has 0 aliphatic carbocycles. The van der Waals surface area contributed by atoms with Gasteiger partial charge in [-0.15, -0.1) is 0 Å². The largest absolute Gasteiger partial charge is 0.497 e. The average molecular weight is 982 g/mol. The van der Waals surface area contributed by atoms with Gasteiger partial charge in [0.15, 0.2) is 0 Å². The number of hydrogen-bond acceptors (Lipinski definition) is 11. The molecule has 370 valence electrons. The molecule has 11 nitrogen and oxygen atoms in total. The zero-order chi connectivity index (χ0) is 51.6. The van der Waals surface area contributed by atoms with Crippen molar-refractivity contribution in [3.8, 4) is 84.5 Å². The summed E-state index contributed by atoms with van der Waals surface area (Å²) >= 11 is 0. The summed E-state index contributed by atoms with van der Waals surface area (Å²) in [7, 11) is 6.53. The minimum absolute atomic E-state index is 0.184. The summed E-state index contributed by atoms with van der Waals surface area (Å²) in [5.41, 5.74) is 12.8. The van der Waals surface area contributed by atoms with E-state index in [4.69, 9.17) is 38.4 Å². The van der Waals surface area contributed by atoms with Crippen molar-refractivity contribution in [3.63, 3.8) is 0 Å². The Hall–Kier alpha value is -9.06. The van der Waals surface area contributed by atoms with Gasteiger partial charge in [0.2, 0.25) is 0 Å². The summed E-state index contributed by atoms with van der Waals surface area (Å²) in [6.45, 7) is 4.44. The van der Waals surface area contributed by atoms with E-state index in [2.05, 4.69) is 17.0 Å². The fraction of sp³-hybridized carbons (Fsp3) is 0.143. The number of nitrogens with zero attached hydrogens (tertiary/aromatic N) is 3. The molecule has 7 aromatic carbocycles. The Morgan fingerprint density at radius 3 is 1.14 bits per heavy atom. The van der Waals surface area contributed by atoms with Crippen molar-refractivity contribution in [2.24, 2.45) is 0 Å².